The molecule has 0 bridgehead atoms. The van der Waals surface area contributed by atoms with E-state index in [4.69, 9.17) is 4.74 Å². The van der Waals surface area contributed by atoms with Gasteiger partial charge in [0.1, 0.15) is 5.69 Å². The normalized spacial score (nSPS) is 22.2. The second-order valence-corrected chi connectivity index (χ2v) is 6.71. The second-order valence-electron chi connectivity index (χ2n) is 5.80. The molecule has 0 spiro atoms. The van der Waals surface area contributed by atoms with Crippen LogP contribution in [-0.4, -0.2) is 41.5 Å². The van der Waals surface area contributed by atoms with Gasteiger partial charge in [-0.2, -0.15) is 0 Å². The lowest BCUT2D eigenvalue weighted by molar-refractivity contribution is -0.146. The van der Waals surface area contributed by atoms with Crippen molar-refractivity contribution in [3.05, 3.63) is 22.4 Å². The highest BCUT2D eigenvalue weighted by Gasteiger charge is 2.33. The standard InChI is InChI=1S/C15H19BrN2O3/c1-21-15(20)10-3-2-6-17(8-10)14(19)13-7-11(16)9-18(13)12-4-5-12/h7,9-10,12H,2-6,8H2,1H3. The van der Waals surface area contributed by atoms with E-state index in [0.29, 0.717) is 19.1 Å². The predicted molar refractivity (Wildman–Crippen MR) is 81.0 cm³/mol. The number of carbonyl (C=O) groups is 2. The molecule has 1 unspecified atom stereocenters. The average Bonchev–Trinajstić information content (AvgIpc) is 3.28. The summed E-state index contributed by atoms with van der Waals surface area (Å²) in [6.45, 7) is 1.17. The van der Waals surface area contributed by atoms with Gasteiger partial charge >= 0.3 is 5.97 Å². The number of hydrogen-bond acceptors (Lipinski definition) is 3. The van der Waals surface area contributed by atoms with Crippen LogP contribution in [0.4, 0.5) is 0 Å². The van der Waals surface area contributed by atoms with Crippen LogP contribution in [0.15, 0.2) is 16.7 Å². The molecule has 1 atom stereocenters. The number of likely N-dealkylation sites (tertiary alicyclic amines) is 1. The number of esters is 1. The van der Waals surface area contributed by atoms with Gasteiger partial charge in [0.15, 0.2) is 0 Å². The van der Waals surface area contributed by atoms with Crippen LogP contribution >= 0.6 is 15.9 Å². The number of amides is 1. The zero-order valence-corrected chi connectivity index (χ0v) is 13.6. The number of ether oxygens (including phenoxy) is 1. The van der Waals surface area contributed by atoms with Crippen molar-refractivity contribution < 1.29 is 14.3 Å². The zero-order chi connectivity index (χ0) is 15.0. The summed E-state index contributed by atoms with van der Waals surface area (Å²) in [5, 5.41) is 0. The van der Waals surface area contributed by atoms with Crippen LogP contribution in [0.1, 0.15) is 42.2 Å². The van der Waals surface area contributed by atoms with Gasteiger partial charge in [-0.3, -0.25) is 9.59 Å². The van der Waals surface area contributed by atoms with Crippen molar-refractivity contribution in [2.24, 2.45) is 5.92 Å². The van der Waals surface area contributed by atoms with E-state index in [1.807, 2.05) is 12.3 Å². The Balaban J connectivity index is 1.77. The van der Waals surface area contributed by atoms with E-state index in [2.05, 4.69) is 20.5 Å². The molecule has 2 fully saturated rings. The molecule has 5 nitrogen and oxygen atoms in total. The zero-order valence-electron chi connectivity index (χ0n) is 12.0. The van der Waals surface area contributed by atoms with Crippen molar-refractivity contribution in [2.45, 2.75) is 31.7 Å². The molecule has 2 aliphatic rings. The first kappa shape index (κ1) is 14.6. The molecule has 1 saturated heterocycles. The van der Waals surface area contributed by atoms with E-state index >= 15 is 0 Å². The highest BCUT2D eigenvalue weighted by Crippen LogP contribution is 2.38. The minimum Gasteiger partial charge on any atom is -0.469 e. The van der Waals surface area contributed by atoms with E-state index in [-0.39, 0.29) is 17.8 Å². The average molecular weight is 355 g/mol. The molecule has 1 aliphatic carbocycles. The number of aromatic nitrogens is 1. The molecule has 2 heterocycles. The Kier molecular flexibility index (Phi) is 4.06. The van der Waals surface area contributed by atoms with Crippen LogP contribution in [0.25, 0.3) is 0 Å². The molecule has 0 N–H and O–H groups in total. The molecule has 21 heavy (non-hydrogen) atoms. The van der Waals surface area contributed by atoms with Gasteiger partial charge in [0.05, 0.1) is 13.0 Å². The minimum atomic E-state index is -0.216. The molecule has 1 aromatic heterocycles. The number of carbonyl (C=O) groups excluding carboxylic acids is 2. The third-order valence-electron chi connectivity index (χ3n) is 4.22. The summed E-state index contributed by atoms with van der Waals surface area (Å²) in [5.74, 6) is -0.395. The maximum Gasteiger partial charge on any atom is 0.310 e. The summed E-state index contributed by atoms with van der Waals surface area (Å²) in [6.07, 6.45) is 5.88. The maximum atomic E-state index is 12.8. The van der Waals surface area contributed by atoms with Gasteiger partial charge in [0, 0.05) is 29.8 Å². The van der Waals surface area contributed by atoms with E-state index in [9.17, 15) is 9.59 Å². The van der Waals surface area contributed by atoms with Crippen LogP contribution in [-0.2, 0) is 9.53 Å². The molecule has 0 radical (unpaired) electrons. The third-order valence-corrected chi connectivity index (χ3v) is 4.65. The summed E-state index contributed by atoms with van der Waals surface area (Å²) in [4.78, 5) is 26.2. The first-order chi connectivity index (χ1) is 10.1. The number of hydrogen-bond donors (Lipinski definition) is 0. The largest absolute Gasteiger partial charge is 0.469 e. The van der Waals surface area contributed by atoms with Gasteiger partial charge in [-0.25, -0.2) is 0 Å². The molecule has 0 aromatic carbocycles. The Morgan fingerprint density at radius 3 is 2.76 bits per heavy atom. The van der Waals surface area contributed by atoms with Gasteiger partial charge < -0.3 is 14.2 Å². The molecule has 1 saturated carbocycles. The first-order valence-electron chi connectivity index (χ1n) is 7.34. The van der Waals surface area contributed by atoms with E-state index in [0.717, 1.165) is 35.8 Å². The molecule has 1 aromatic rings. The van der Waals surface area contributed by atoms with Crippen LogP contribution in [0.5, 0.6) is 0 Å². The van der Waals surface area contributed by atoms with Crippen molar-refractivity contribution in [2.75, 3.05) is 20.2 Å². The predicted octanol–water partition coefficient (Wildman–Crippen LogP) is 2.61. The van der Waals surface area contributed by atoms with Gasteiger partial charge in [-0.05, 0) is 47.7 Å². The lowest BCUT2D eigenvalue weighted by Gasteiger charge is -2.31. The van der Waals surface area contributed by atoms with Crippen LogP contribution in [0, 0.1) is 5.92 Å². The van der Waals surface area contributed by atoms with Crippen molar-refractivity contribution in [1.29, 1.82) is 0 Å². The Morgan fingerprint density at radius 2 is 2.10 bits per heavy atom. The van der Waals surface area contributed by atoms with Gasteiger partial charge in [0.25, 0.3) is 5.91 Å². The smallest absolute Gasteiger partial charge is 0.310 e. The van der Waals surface area contributed by atoms with Gasteiger partial charge in [-0.1, -0.05) is 0 Å². The molecular formula is C15H19BrN2O3. The highest BCUT2D eigenvalue weighted by atomic mass is 79.9. The third kappa shape index (κ3) is 3.00. The maximum absolute atomic E-state index is 12.8. The molecule has 1 amide bonds. The Morgan fingerprint density at radius 1 is 1.33 bits per heavy atom. The number of piperidine rings is 1. The van der Waals surface area contributed by atoms with Crippen molar-refractivity contribution in [1.82, 2.24) is 9.47 Å². The van der Waals surface area contributed by atoms with Gasteiger partial charge in [-0.15, -0.1) is 0 Å². The molecule has 114 valence electrons. The summed E-state index contributed by atoms with van der Waals surface area (Å²) in [7, 11) is 1.40. The van der Waals surface area contributed by atoms with Crippen molar-refractivity contribution in [3.63, 3.8) is 0 Å². The number of nitrogens with zero attached hydrogens (tertiary/aromatic N) is 2. The highest BCUT2D eigenvalue weighted by molar-refractivity contribution is 9.10. The topological polar surface area (TPSA) is 51.5 Å². The quantitative estimate of drug-likeness (QED) is 0.784. The molecule has 1 aliphatic heterocycles. The summed E-state index contributed by atoms with van der Waals surface area (Å²) >= 11 is 3.45. The lowest BCUT2D eigenvalue weighted by Crippen LogP contribution is -2.43. The van der Waals surface area contributed by atoms with E-state index in [1.165, 1.54) is 7.11 Å². The number of rotatable bonds is 3. The SMILES string of the molecule is COC(=O)C1CCCN(C(=O)c2cc(Br)cn2C2CC2)C1. The fourth-order valence-corrected chi connectivity index (χ4v) is 3.39. The molecule has 6 heteroatoms. The first-order valence-corrected chi connectivity index (χ1v) is 8.14. The van der Waals surface area contributed by atoms with E-state index < -0.39 is 0 Å². The van der Waals surface area contributed by atoms with Crippen LogP contribution in [0.2, 0.25) is 0 Å². The number of methoxy groups -OCH3 is 1. The summed E-state index contributed by atoms with van der Waals surface area (Å²) in [6, 6.07) is 2.33. The fourth-order valence-electron chi connectivity index (χ4n) is 2.95. The monoisotopic (exact) mass is 354 g/mol. The van der Waals surface area contributed by atoms with Crippen molar-refractivity contribution in [3.8, 4) is 0 Å². The van der Waals surface area contributed by atoms with E-state index in [1.54, 1.807) is 4.90 Å². The lowest BCUT2D eigenvalue weighted by atomic mass is 9.98. The second kappa shape index (κ2) is 5.83. The van der Waals surface area contributed by atoms with Gasteiger partial charge in [0.2, 0.25) is 0 Å². The summed E-state index contributed by atoms with van der Waals surface area (Å²) < 4.78 is 7.80. The van der Waals surface area contributed by atoms with Crippen LogP contribution < -0.4 is 0 Å². The summed E-state index contributed by atoms with van der Waals surface area (Å²) in [5.41, 5.74) is 0.717. The molecule has 3 rings (SSSR count). The Bertz CT molecular complexity index is 565. The number of halogens is 1. The van der Waals surface area contributed by atoms with Crippen molar-refractivity contribution >= 4 is 27.8 Å². The van der Waals surface area contributed by atoms with Crippen LogP contribution in [0.3, 0.4) is 0 Å². The Hall–Kier alpha value is -1.30. The fraction of sp³-hybridized carbons (Fsp3) is 0.600. The minimum absolute atomic E-state index is 0.0150. The Labute approximate surface area is 132 Å². The molecular weight excluding hydrogens is 336 g/mol.